The highest BCUT2D eigenvalue weighted by molar-refractivity contribution is 7.11. The van der Waals surface area contributed by atoms with Crippen LogP contribution in [-0.4, -0.2) is 42.0 Å². The quantitative estimate of drug-likeness (QED) is 0.508. The zero-order valence-electron chi connectivity index (χ0n) is 17.2. The van der Waals surface area contributed by atoms with Gasteiger partial charge >= 0.3 is 0 Å². The van der Waals surface area contributed by atoms with Gasteiger partial charge in [0.15, 0.2) is 5.96 Å². The van der Waals surface area contributed by atoms with Crippen LogP contribution in [0.25, 0.3) is 0 Å². The normalized spacial score (nSPS) is 13.0. The molecule has 2 aromatic rings. The minimum atomic E-state index is 0.491. The molecule has 6 heteroatoms. The second kappa shape index (κ2) is 11.0. The third kappa shape index (κ3) is 7.31. The summed E-state index contributed by atoms with van der Waals surface area (Å²) < 4.78 is 0. The number of aromatic nitrogens is 1. The van der Waals surface area contributed by atoms with Gasteiger partial charge in [0, 0.05) is 30.6 Å². The predicted molar refractivity (Wildman–Crippen MR) is 116 cm³/mol. The molecule has 0 saturated heterocycles. The number of nitrogens with zero attached hydrogens (tertiary/aromatic N) is 3. The van der Waals surface area contributed by atoms with E-state index in [1.54, 1.807) is 11.3 Å². The molecule has 1 unspecified atom stereocenters. The largest absolute Gasteiger partial charge is 0.357 e. The van der Waals surface area contributed by atoms with E-state index in [1.165, 1.54) is 10.4 Å². The zero-order chi connectivity index (χ0) is 19.6. The fourth-order valence-corrected chi connectivity index (χ4v) is 3.60. The molecule has 2 N–H and O–H groups in total. The number of nitrogens with one attached hydrogen (secondary N) is 2. The molecule has 2 rings (SSSR count). The molecule has 0 saturated carbocycles. The SMILES string of the molecule is CCNC(=NCc1nc(C)c(C)s1)NCCC(C)N(C)Cc1ccccc1. The Labute approximate surface area is 167 Å². The molecule has 1 atom stereocenters. The van der Waals surface area contributed by atoms with Crippen molar-refractivity contribution in [2.75, 3.05) is 20.1 Å². The average Bonchev–Trinajstić information content (AvgIpc) is 2.98. The van der Waals surface area contributed by atoms with Gasteiger partial charge in [-0.25, -0.2) is 9.98 Å². The number of aryl methyl sites for hydroxylation is 2. The van der Waals surface area contributed by atoms with E-state index in [1.807, 2.05) is 0 Å². The second-order valence-electron chi connectivity index (χ2n) is 6.91. The van der Waals surface area contributed by atoms with Crippen molar-refractivity contribution < 1.29 is 0 Å². The molecule has 27 heavy (non-hydrogen) atoms. The van der Waals surface area contributed by atoms with E-state index in [9.17, 15) is 0 Å². The minimum absolute atomic E-state index is 0.491. The van der Waals surface area contributed by atoms with E-state index in [-0.39, 0.29) is 0 Å². The maximum Gasteiger partial charge on any atom is 0.191 e. The van der Waals surface area contributed by atoms with Gasteiger partial charge in [0.1, 0.15) is 5.01 Å². The summed E-state index contributed by atoms with van der Waals surface area (Å²) in [7, 11) is 2.18. The van der Waals surface area contributed by atoms with Crippen molar-refractivity contribution in [3.05, 3.63) is 51.5 Å². The molecule has 5 nitrogen and oxygen atoms in total. The van der Waals surface area contributed by atoms with Crippen molar-refractivity contribution >= 4 is 17.3 Å². The second-order valence-corrected chi connectivity index (χ2v) is 8.20. The van der Waals surface area contributed by atoms with E-state index in [0.29, 0.717) is 12.6 Å². The summed E-state index contributed by atoms with van der Waals surface area (Å²) in [4.78, 5) is 12.9. The van der Waals surface area contributed by atoms with Gasteiger partial charge in [0.25, 0.3) is 0 Å². The van der Waals surface area contributed by atoms with Crippen LogP contribution in [0.3, 0.4) is 0 Å². The van der Waals surface area contributed by atoms with E-state index in [4.69, 9.17) is 0 Å². The summed E-state index contributed by atoms with van der Waals surface area (Å²) in [6.07, 6.45) is 1.06. The lowest BCUT2D eigenvalue weighted by Gasteiger charge is -2.25. The molecule has 1 aromatic carbocycles. The van der Waals surface area contributed by atoms with Gasteiger partial charge in [-0.05, 0) is 46.7 Å². The number of thiazole rings is 1. The summed E-state index contributed by atoms with van der Waals surface area (Å²) in [5.41, 5.74) is 2.46. The molecule has 0 bridgehead atoms. The van der Waals surface area contributed by atoms with Gasteiger partial charge in [-0.1, -0.05) is 30.3 Å². The van der Waals surface area contributed by atoms with Gasteiger partial charge in [-0.2, -0.15) is 0 Å². The Hall–Kier alpha value is -1.92. The molecule has 0 fully saturated rings. The maximum atomic E-state index is 4.68. The molecule has 0 aliphatic heterocycles. The van der Waals surface area contributed by atoms with Crippen molar-refractivity contribution in [2.45, 2.75) is 53.2 Å². The van der Waals surface area contributed by atoms with Crippen LogP contribution < -0.4 is 10.6 Å². The molecular weight excluding hydrogens is 354 g/mol. The summed E-state index contributed by atoms with van der Waals surface area (Å²) >= 11 is 1.73. The summed E-state index contributed by atoms with van der Waals surface area (Å²) in [6.45, 7) is 11.9. The molecular formula is C21H33N5S. The van der Waals surface area contributed by atoms with E-state index < -0.39 is 0 Å². The minimum Gasteiger partial charge on any atom is -0.357 e. The van der Waals surface area contributed by atoms with E-state index >= 15 is 0 Å². The summed E-state index contributed by atoms with van der Waals surface area (Å²) in [5, 5.41) is 7.84. The maximum absolute atomic E-state index is 4.68. The fraction of sp³-hybridized carbons (Fsp3) is 0.524. The van der Waals surface area contributed by atoms with Crippen molar-refractivity contribution in [1.29, 1.82) is 0 Å². The molecule has 0 aliphatic carbocycles. The Morgan fingerprint density at radius 1 is 1.22 bits per heavy atom. The van der Waals surface area contributed by atoms with Crippen LogP contribution in [0.15, 0.2) is 35.3 Å². The van der Waals surface area contributed by atoms with Gasteiger partial charge < -0.3 is 10.6 Å². The Morgan fingerprint density at radius 3 is 2.59 bits per heavy atom. The lowest BCUT2D eigenvalue weighted by atomic mass is 10.1. The number of rotatable bonds is 9. The average molecular weight is 388 g/mol. The first-order valence-corrected chi connectivity index (χ1v) is 10.5. The van der Waals surface area contributed by atoms with Crippen LogP contribution in [0, 0.1) is 13.8 Å². The van der Waals surface area contributed by atoms with Crippen molar-refractivity contribution in [2.24, 2.45) is 4.99 Å². The third-order valence-corrected chi connectivity index (χ3v) is 5.73. The van der Waals surface area contributed by atoms with Gasteiger partial charge in [0.2, 0.25) is 0 Å². The fourth-order valence-electron chi connectivity index (χ4n) is 2.74. The van der Waals surface area contributed by atoms with Crippen LogP contribution in [0.5, 0.6) is 0 Å². The topological polar surface area (TPSA) is 52.6 Å². The number of aliphatic imine (C=N–C) groups is 1. The predicted octanol–water partition coefficient (Wildman–Crippen LogP) is 3.73. The number of hydrogen-bond donors (Lipinski definition) is 2. The lowest BCUT2D eigenvalue weighted by molar-refractivity contribution is 0.238. The lowest BCUT2D eigenvalue weighted by Crippen LogP contribution is -2.40. The van der Waals surface area contributed by atoms with Crippen LogP contribution in [0.4, 0.5) is 0 Å². The van der Waals surface area contributed by atoms with Gasteiger partial charge in [-0.3, -0.25) is 4.90 Å². The highest BCUT2D eigenvalue weighted by Crippen LogP contribution is 2.16. The standard InChI is InChI=1S/C21H33N5S/c1-6-22-21(24-14-20-25-17(3)18(4)27-20)23-13-12-16(2)26(5)15-19-10-8-7-9-11-19/h7-11,16H,6,12-15H2,1-5H3,(H2,22,23,24). The van der Waals surface area contributed by atoms with Crippen molar-refractivity contribution in [3.63, 3.8) is 0 Å². The summed E-state index contributed by atoms with van der Waals surface area (Å²) in [6, 6.07) is 11.1. The first-order chi connectivity index (χ1) is 13.0. The van der Waals surface area contributed by atoms with Crippen molar-refractivity contribution in [1.82, 2.24) is 20.5 Å². The molecule has 148 valence electrons. The first-order valence-electron chi connectivity index (χ1n) is 9.68. The number of guanidine groups is 1. The van der Waals surface area contributed by atoms with E-state index in [2.05, 4.69) is 90.6 Å². The molecule has 1 aromatic heterocycles. The Bertz CT molecular complexity index is 691. The first kappa shape index (κ1) is 21.4. The third-order valence-electron chi connectivity index (χ3n) is 4.67. The Balaban J connectivity index is 1.79. The van der Waals surface area contributed by atoms with Gasteiger partial charge in [-0.15, -0.1) is 11.3 Å². The monoisotopic (exact) mass is 387 g/mol. The molecule has 0 radical (unpaired) electrons. The molecule has 0 amide bonds. The number of hydrogen-bond acceptors (Lipinski definition) is 4. The van der Waals surface area contributed by atoms with Crippen LogP contribution in [-0.2, 0) is 13.1 Å². The Kier molecular flexibility index (Phi) is 8.75. The van der Waals surface area contributed by atoms with Crippen LogP contribution in [0.2, 0.25) is 0 Å². The summed E-state index contributed by atoms with van der Waals surface area (Å²) in [5.74, 6) is 0.862. The highest BCUT2D eigenvalue weighted by Gasteiger charge is 2.10. The van der Waals surface area contributed by atoms with E-state index in [0.717, 1.165) is 42.7 Å². The van der Waals surface area contributed by atoms with Crippen LogP contribution in [0.1, 0.15) is 41.4 Å². The van der Waals surface area contributed by atoms with Crippen LogP contribution >= 0.6 is 11.3 Å². The van der Waals surface area contributed by atoms with Gasteiger partial charge in [0.05, 0.1) is 12.2 Å². The zero-order valence-corrected chi connectivity index (χ0v) is 18.1. The molecule has 0 spiro atoms. The smallest absolute Gasteiger partial charge is 0.191 e. The highest BCUT2D eigenvalue weighted by atomic mass is 32.1. The van der Waals surface area contributed by atoms with Crippen molar-refractivity contribution in [3.8, 4) is 0 Å². The molecule has 1 heterocycles. The number of benzene rings is 1. The Morgan fingerprint density at radius 2 is 1.96 bits per heavy atom. The molecule has 0 aliphatic rings.